The van der Waals surface area contributed by atoms with Crippen LogP contribution in [0.25, 0.3) is 0 Å². The second-order valence-electron chi connectivity index (χ2n) is 0.930. The van der Waals surface area contributed by atoms with Crippen LogP contribution in [-0.2, 0) is 0 Å². The summed E-state index contributed by atoms with van der Waals surface area (Å²) >= 11 is 0.652. The molecule has 1 rings (SSSR count). The lowest BCUT2D eigenvalue weighted by molar-refractivity contribution is 1.45. The maximum Gasteiger partial charge on any atom is 0.0264 e. The maximum absolute atomic E-state index is 2.40. The molecule has 1 aliphatic rings. The van der Waals surface area contributed by atoms with Crippen LogP contribution in [0.2, 0.25) is 0 Å². The van der Waals surface area contributed by atoms with Crippen LogP contribution < -0.4 is 0 Å². The van der Waals surface area contributed by atoms with Gasteiger partial charge < -0.3 is 0 Å². The summed E-state index contributed by atoms with van der Waals surface area (Å²) in [4.78, 5) is 0. The summed E-state index contributed by atoms with van der Waals surface area (Å²) in [5, 5.41) is 0. The summed E-state index contributed by atoms with van der Waals surface area (Å²) in [7, 11) is 0. The van der Waals surface area contributed by atoms with Gasteiger partial charge in [0.15, 0.2) is 0 Å². The molecule has 24 valence electrons. The lowest BCUT2D eigenvalue weighted by atomic mass is 10.6. The zero-order chi connectivity index (χ0) is 2.99. The van der Waals surface area contributed by atoms with Crippen molar-refractivity contribution in [1.82, 2.24) is 0 Å². The van der Waals surface area contributed by atoms with Crippen molar-refractivity contribution in [3.63, 3.8) is 0 Å². The van der Waals surface area contributed by atoms with Crippen LogP contribution in [0.5, 0.6) is 0 Å². The van der Waals surface area contributed by atoms with Crippen LogP contribution in [0.4, 0.5) is 0 Å². The van der Waals surface area contributed by atoms with E-state index >= 15 is 0 Å². The molecule has 4 heavy (non-hydrogen) atoms. The van der Waals surface area contributed by atoms with Gasteiger partial charge in [-0.15, -0.1) is 20.7 Å². The first-order valence-corrected chi connectivity index (χ1v) is 3.84. The minimum absolute atomic E-state index is 0.652. The molecule has 1 atom stereocenters. The van der Waals surface area contributed by atoms with Crippen molar-refractivity contribution >= 4 is 24.7 Å². The lowest BCUT2D eigenvalue weighted by Crippen LogP contribution is -1.62. The number of alkyl halides is 1. The molecule has 0 fully saturated rings. The van der Waals surface area contributed by atoms with Crippen molar-refractivity contribution in [2.45, 2.75) is 10.8 Å². The van der Waals surface area contributed by atoms with Crippen LogP contribution in [0.15, 0.2) is 0 Å². The summed E-state index contributed by atoms with van der Waals surface area (Å²) in [6, 6.07) is 0. The van der Waals surface area contributed by atoms with Gasteiger partial charge >= 0.3 is 0 Å². The Morgan fingerprint density at radius 2 is 2.25 bits per heavy atom. The second-order valence-corrected chi connectivity index (χ2v) is 4.33. The molecule has 0 bridgehead atoms. The number of hydrogen-bond donors (Lipinski definition) is 0. The Hall–Kier alpha value is 0.600. The molecule has 0 aliphatic carbocycles. The summed E-state index contributed by atoms with van der Waals surface area (Å²) in [6.07, 6.45) is 0. The van der Waals surface area contributed by atoms with E-state index in [4.69, 9.17) is 0 Å². The van der Waals surface area contributed by atoms with Crippen LogP contribution in [0.1, 0.15) is 6.92 Å². The van der Waals surface area contributed by atoms with E-state index in [1.807, 2.05) is 0 Å². The standard InChI is InChI=1S/C3H5I/c1-3-2-4-3/h2-3H,1H3/t3-/m0/s1. The van der Waals surface area contributed by atoms with Gasteiger partial charge in [0.05, 0.1) is 0 Å². The predicted molar refractivity (Wildman–Crippen MR) is 29.5 cm³/mol. The smallest absolute Gasteiger partial charge is 0.0264 e. The molecule has 1 heterocycles. The Balaban J connectivity index is 2.32. The van der Waals surface area contributed by atoms with Gasteiger partial charge in [-0.25, -0.2) is 0 Å². The van der Waals surface area contributed by atoms with Gasteiger partial charge in [0.2, 0.25) is 0 Å². The van der Waals surface area contributed by atoms with Crippen LogP contribution in [0.3, 0.4) is 0 Å². The fourth-order valence-electron chi connectivity index (χ4n) is 0.0727. The maximum atomic E-state index is 2.40. The Bertz CT molecular complexity index is 41.2. The zero-order valence-electron chi connectivity index (χ0n) is 2.53. The summed E-state index contributed by atoms with van der Waals surface area (Å²) in [5.74, 6) is 0. The Labute approximate surface area is 36.0 Å². The third-order valence-electron chi connectivity index (χ3n) is 0.378. The van der Waals surface area contributed by atoms with E-state index in [1.54, 1.807) is 0 Å². The van der Waals surface area contributed by atoms with Crippen LogP contribution in [0, 0.1) is 0 Å². The zero-order valence-corrected chi connectivity index (χ0v) is 4.69. The largest absolute Gasteiger partial charge is 0.118 e. The molecule has 0 aromatic carbocycles. The SMILES string of the molecule is C[C@H]1C=I1. The molecule has 0 saturated heterocycles. The van der Waals surface area contributed by atoms with Gasteiger partial charge in [-0.1, -0.05) is 0 Å². The average Bonchev–Trinajstić information content (AvgIpc) is 1.75. The number of rotatable bonds is 0. The molecule has 0 amide bonds. The summed E-state index contributed by atoms with van der Waals surface area (Å²) < 4.78 is 3.47. The topological polar surface area (TPSA) is 0 Å². The Kier molecular flexibility index (Phi) is 0.547. The fraction of sp³-hybridized carbons (Fsp3) is 0.667. The van der Waals surface area contributed by atoms with Gasteiger partial charge in [-0.3, -0.25) is 0 Å². The molecule has 0 aromatic heterocycles. The molecular weight excluding hydrogens is 163 g/mol. The normalized spacial score (nSPS) is 37.8. The van der Waals surface area contributed by atoms with E-state index in [0.29, 0.717) is 20.7 Å². The van der Waals surface area contributed by atoms with Crippen molar-refractivity contribution in [2.75, 3.05) is 0 Å². The third-order valence-corrected chi connectivity index (χ3v) is 2.54. The molecule has 1 heteroatoms. The molecule has 0 radical (unpaired) electrons. The molecule has 0 nitrogen and oxygen atoms in total. The molecule has 0 N–H and O–H groups in total. The Morgan fingerprint density at radius 3 is 2.25 bits per heavy atom. The Morgan fingerprint density at radius 1 is 2.00 bits per heavy atom. The molecular formula is C3H5I. The molecule has 0 unspecified atom stereocenters. The monoisotopic (exact) mass is 168 g/mol. The fourth-order valence-corrected chi connectivity index (χ4v) is 0.488. The van der Waals surface area contributed by atoms with E-state index in [-0.39, 0.29) is 0 Å². The van der Waals surface area contributed by atoms with Crippen molar-refractivity contribution in [2.24, 2.45) is 0 Å². The van der Waals surface area contributed by atoms with Gasteiger partial charge in [0, 0.05) is 3.92 Å². The molecule has 0 saturated carbocycles. The lowest BCUT2D eigenvalue weighted by Gasteiger charge is -1.55. The van der Waals surface area contributed by atoms with Crippen LogP contribution in [-0.4, -0.2) is 7.94 Å². The van der Waals surface area contributed by atoms with E-state index < -0.39 is 0 Å². The van der Waals surface area contributed by atoms with Crippen molar-refractivity contribution in [3.8, 4) is 0 Å². The molecule has 0 aromatic rings. The second kappa shape index (κ2) is 0.776. The van der Waals surface area contributed by atoms with Gasteiger partial charge in [-0.05, 0) is 10.9 Å². The minimum Gasteiger partial charge on any atom is -0.118 e. The summed E-state index contributed by atoms with van der Waals surface area (Å²) in [5.41, 5.74) is 0. The van der Waals surface area contributed by atoms with Crippen LogP contribution >= 0.6 is 20.7 Å². The predicted octanol–water partition coefficient (Wildman–Crippen LogP) is 1.16. The van der Waals surface area contributed by atoms with Crippen molar-refractivity contribution < 1.29 is 0 Å². The molecule has 1 aliphatic heterocycles. The van der Waals surface area contributed by atoms with Gasteiger partial charge in [-0.2, -0.15) is 0 Å². The number of hydrogen-bond acceptors (Lipinski definition) is 0. The van der Waals surface area contributed by atoms with Crippen molar-refractivity contribution in [3.05, 3.63) is 0 Å². The van der Waals surface area contributed by atoms with Gasteiger partial charge in [0.1, 0.15) is 0 Å². The van der Waals surface area contributed by atoms with E-state index in [1.165, 1.54) is 0 Å². The van der Waals surface area contributed by atoms with E-state index in [0.717, 1.165) is 3.92 Å². The summed E-state index contributed by atoms with van der Waals surface area (Å²) in [6.45, 7) is 2.27. The highest BCUT2D eigenvalue weighted by Crippen LogP contribution is 2.19. The number of halogens is 1. The van der Waals surface area contributed by atoms with E-state index in [2.05, 4.69) is 10.9 Å². The molecule has 0 spiro atoms. The highest BCUT2D eigenvalue weighted by Gasteiger charge is 1.99. The average molecular weight is 168 g/mol. The first kappa shape index (κ1) is 2.82. The van der Waals surface area contributed by atoms with E-state index in [9.17, 15) is 0 Å². The minimum atomic E-state index is 0.652. The van der Waals surface area contributed by atoms with Gasteiger partial charge in [0.25, 0.3) is 0 Å². The van der Waals surface area contributed by atoms with Crippen molar-refractivity contribution in [1.29, 1.82) is 0 Å². The quantitative estimate of drug-likeness (QED) is 0.376. The third kappa shape index (κ3) is 0.514. The first-order chi connectivity index (χ1) is 1.89. The highest BCUT2D eigenvalue weighted by atomic mass is 127. The highest BCUT2D eigenvalue weighted by molar-refractivity contribution is 14.2. The first-order valence-electron chi connectivity index (χ1n) is 1.35.